The van der Waals surface area contributed by atoms with Crippen LogP contribution in [0.2, 0.25) is 0 Å². The molecule has 0 aromatic carbocycles. The van der Waals surface area contributed by atoms with Crippen LogP contribution < -0.4 is 0 Å². The monoisotopic (exact) mass is 278 g/mol. The van der Waals surface area contributed by atoms with Crippen molar-refractivity contribution in [3.8, 4) is 0 Å². The van der Waals surface area contributed by atoms with E-state index in [0.717, 1.165) is 17.8 Å². The second kappa shape index (κ2) is 9.85. The number of hydrogen-bond acceptors (Lipinski definition) is 0. The lowest BCUT2D eigenvalue weighted by Crippen LogP contribution is -2.27. The first-order valence-corrected chi connectivity index (χ1v) is 9.90. The van der Waals surface area contributed by atoms with E-state index in [1.54, 1.807) is 38.5 Å². The molecule has 0 heteroatoms. The predicted octanol–water partition coefficient (Wildman–Crippen LogP) is 7.12. The van der Waals surface area contributed by atoms with Crippen LogP contribution in [0, 0.1) is 17.8 Å². The van der Waals surface area contributed by atoms with Crippen LogP contribution in [-0.2, 0) is 0 Å². The van der Waals surface area contributed by atoms with E-state index in [-0.39, 0.29) is 0 Å². The van der Waals surface area contributed by atoms with Gasteiger partial charge in [0, 0.05) is 0 Å². The third-order valence-corrected chi connectivity index (χ3v) is 6.11. The van der Waals surface area contributed by atoms with Crippen molar-refractivity contribution < 1.29 is 0 Å². The molecule has 0 spiro atoms. The molecule has 20 heavy (non-hydrogen) atoms. The zero-order valence-corrected chi connectivity index (χ0v) is 14.0. The van der Waals surface area contributed by atoms with Gasteiger partial charge in [-0.1, -0.05) is 96.8 Å². The molecule has 2 saturated carbocycles. The average molecular weight is 279 g/mol. The molecule has 0 aromatic heterocycles. The van der Waals surface area contributed by atoms with Crippen molar-refractivity contribution in [2.24, 2.45) is 17.8 Å². The van der Waals surface area contributed by atoms with Crippen molar-refractivity contribution in [2.45, 2.75) is 110 Å². The summed E-state index contributed by atoms with van der Waals surface area (Å²) in [6.07, 6.45) is 24.3. The van der Waals surface area contributed by atoms with Crippen molar-refractivity contribution in [1.82, 2.24) is 0 Å². The van der Waals surface area contributed by atoms with Crippen LogP contribution in [0.15, 0.2) is 0 Å². The fraction of sp³-hybridized carbons (Fsp3) is 1.00. The first-order valence-electron chi connectivity index (χ1n) is 9.90. The zero-order chi connectivity index (χ0) is 14.0. The second-order valence-electron chi connectivity index (χ2n) is 7.75. The van der Waals surface area contributed by atoms with Crippen LogP contribution in [0.4, 0.5) is 0 Å². The molecule has 0 aliphatic heterocycles. The summed E-state index contributed by atoms with van der Waals surface area (Å²) in [6, 6.07) is 0. The van der Waals surface area contributed by atoms with Gasteiger partial charge in [0.1, 0.15) is 0 Å². The van der Waals surface area contributed by atoms with Gasteiger partial charge in [-0.15, -0.1) is 0 Å². The van der Waals surface area contributed by atoms with Gasteiger partial charge in [0.25, 0.3) is 0 Å². The van der Waals surface area contributed by atoms with E-state index in [2.05, 4.69) is 6.92 Å². The molecule has 0 bridgehead atoms. The molecule has 0 N–H and O–H groups in total. The van der Waals surface area contributed by atoms with Gasteiger partial charge in [-0.05, 0) is 30.6 Å². The number of rotatable bonds is 9. The van der Waals surface area contributed by atoms with E-state index in [9.17, 15) is 0 Å². The quantitative estimate of drug-likeness (QED) is 0.394. The van der Waals surface area contributed by atoms with Crippen LogP contribution >= 0.6 is 0 Å². The molecule has 2 rings (SSSR count). The van der Waals surface area contributed by atoms with E-state index in [1.165, 1.54) is 64.2 Å². The molecule has 2 aliphatic carbocycles. The van der Waals surface area contributed by atoms with E-state index >= 15 is 0 Å². The Balaban J connectivity index is 1.46. The summed E-state index contributed by atoms with van der Waals surface area (Å²) in [5.74, 6) is 3.38. The molecule has 0 amide bonds. The third kappa shape index (κ3) is 5.78. The highest BCUT2D eigenvalue weighted by Crippen LogP contribution is 2.43. The van der Waals surface area contributed by atoms with Crippen molar-refractivity contribution in [3.05, 3.63) is 0 Å². The van der Waals surface area contributed by atoms with Crippen LogP contribution in [0.3, 0.4) is 0 Å². The number of fused-ring (bicyclic) bond motifs is 1. The van der Waals surface area contributed by atoms with Crippen molar-refractivity contribution in [2.75, 3.05) is 0 Å². The Morgan fingerprint density at radius 2 is 1.30 bits per heavy atom. The standard InChI is InChI=1S/C20H38/c1-2-3-4-5-6-7-8-9-12-18-15-16-19-13-10-11-14-20(19)17-18/h18-20H,2-17H2,1H3. The number of hydrogen-bond donors (Lipinski definition) is 0. The maximum atomic E-state index is 2.31. The summed E-state index contributed by atoms with van der Waals surface area (Å²) in [5.41, 5.74) is 0. The fourth-order valence-corrected chi connectivity index (χ4v) is 4.80. The van der Waals surface area contributed by atoms with Gasteiger partial charge in [-0.3, -0.25) is 0 Å². The lowest BCUT2D eigenvalue weighted by molar-refractivity contribution is 0.124. The first kappa shape index (κ1) is 16.4. The van der Waals surface area contributed by atoms with E-state index in [1.807, 2.05) is 0 Å². The molecular weight excluding hydrogens is 240 g/mol. The SMILES string of the molecule is CCCCCCCCCCC1CCC2CCCCC2C1. The number of unbranched alkanes of at least 4 members (excludes halogenated alkanes) is 7. The molecule has 0 nitrogen and oxygen atoms in total. The summed E-state index contributed by atoms with van der Waals surface area (Å²) in [7, 11) is 0. The Morgan fingerprint density at radius 1 is 0.650 bits per heavy atom. The second-order valence-corrected chi connectivity index (χ2v) is 7.75. The maximum Gasteiger partial charge on any atom is -0.0383 e. The van der Waals surface area contributed by atoms with Crippen molar-refractivity contribution in [3.63, 3.8) is 0 Å². The summed E-state index contributed by atoms with van der Waals surface area (Å²) in [5, 5.41) is 0. The van der Waals surface area contributed by atoms with Crippen LogP contribution in [0.5, 0.6) is 0 Å². The zero-order valence-electron chi connectivity index (χ0n) is 14.0. The molecule has 0 aromatic rings. The van der Waals surface area contributed by atoms with Crippen LogP contribution in [-0.4, -0.2) is 0 Å². The van der Waals surface area contributed by atoms with Gasteiger partial charge >= 0.3 is 0 Å². The van der Waals surface area contributed by atoms with Crippen molar-refractivity contribution in [1.29, 1.82) is 0 Å². The minimum absolute atomic E-state index is 1.11. The largest absolute Gasteiger partial charge is 0.0654 e. The minimum Gasteiger partial charge on any atom is -0.0654 e. The molecule has 118 valence electrons. The highest BCUT2D eigenvalue weighted by molar-refractivity contribution is 4.83. The van der Waals surface area contributed by atoms with Gasteiger partial charge < -0.3 is 0 Å². The smallest absolute Gasteiger partial charge is 0.0383 e. The molecule has 2 aliphatic rings. The molecule has 3 atom stereocenters. The molecular formula is C20H38. The Labute approximate surface area is 128 Å². The first-order chi connectivity index (χ1) is 9.90. The third-order valence-electron chi connectivity index (χ3n) is 6.11. The Morgan fingerprint density at radius 3 is 2.05 bits per heavy atom. The van der Waals surface area contributed by atoms with Crippen molar-refractivity contribution >= 4 is 0 Å². The van der Waals surface area contributed by atoms with E-state index < -0.39 is 0 Å². The highest BCUT2D eigenvalue weighted by Gasteiger charge is 2.31. The molecule has 0 heterocycles. The highest BCUT2D eigenvalue weighted by atomic mass is 14.4. The van der Waals surface area contributed by atoms with Gasteiger partial charge in [-0.2, -0.15) is 0 Å². The predicted molar refractivity (Wildman–Crippen MR) is 90.0 cm³/mol. The van der Waals surface area contributed by atoms with Gasteiger partial charge in [0.15, 0.2) is 0 Å². The summed E-state index contributed by atoms with van der Waals surface area (Å²) in [6.45, 7) is 2.31. The lowest BCUT2D eigenvalue weighted by atomic mass is 9.67. The molecule has 0 saturated heterocycles. The topological polar surface area (TPSA) is 0 Å². The van der Waals surface area contributed by atoms with Gasteiger partial charge in [0.2, 0.25) is 0 Å². The van der Waals surface area contributed by atoms with E-state index in [4.69, 9.17) is 0 Å². The lowest BCUT2D eigenvalue weighted by Gasteiger charge is -2.39. The summed E-state index contributed by atoms with van der Waals surface area (Å²) < 4.78 is 0. The average Bonchev–Trinajstić information content (AvgIpc) is 2.50. The van der Waals surface area contributed by atoms with Gasteiger partial charge in [-0.25, -0.2) is 0 Å². The summed E-state index contributed by atoms with van der Waals surface area (Å²) in [4.78, 5) is 0. The van der Waals surface area contributed by atoms with Gasteiger partial charge in [0.05, 0.1) is 0 Å². The normalized spacial score (nSPS) is 30.1. The Kier molecular flexibility index (Phi) is 8.06. The molecule has 0 radical (unpaired) electrons. The maximum absolute atomic E-state index is 2.31. The molecule has 3 unspecified atom stereocenters. The van der Waals surface area contributed by atoms with Crippen LogP contribution in [0.25, 0.3) is 0 Å². The Bertz CT molecular complexity index is 232. The molecule has 2 fully saturated rings. The van der Waals surface area contributed by atoms with Crippen LogP contribution in [0.1, 0.15) is 110 Å². The summed E-state index contributed by atoms with van der Waals surface area (Å²) >= 11 is 0. The van der Waals surface area contributed by atoms with E-state index in [0.29, 0.717) is 0 Å². The fourth-order valence-electron chi connectivity index (χ4n) is 4.80. The Hall–Kier alpha value is 0. The minimum atomic E-state index is 1.11.